The fourth-order valence-electron chi connectivity index (χ4n) is 2.66. The zero-order chi connectivity index (χ0) is 18.4. The van der Waals surface area contributed by atoms with E-state index < -0.39 is 0 Å². The number of ether oxygens (including phenoxy) is 1. The molecule has 0 atom stereocenters. The standard InChI is InChI=1S/C19H22ClN3O2S/c1-22(19(24)7-6-15-4-2-3-5-17(15)20)12-16-14-26-18(21-16)13-23-8-10-25-11-9-23/h2-7,14H,8-13H2,1H3/b7-6+. The Morgan fingerprint density at radius 2 is 2.15 bits per heavy atom. The van der Waals surface area contributed by atoms with Gasteiger partial charge in [-0.3, -0.25) is 9.69 Å². The number of likely N-dealkylation sites (N-methyl/N-ethyl adjacent to an activating group) is 1. The largest absolute Gasteiger partial charge is 0.379 e. The summed E-state index contributed by atoms with van der Waals surface area (Å²) in [6.45, 7) is 4.80. The average molecular weight is 392 g/mol. The SMILES string of the molecule is CN(Cc1csc(CN2CCOCC2)n1)C(=O)/C=C/c1ccccc1Cl. The van der Waals surface area contributed by atoms with Gasteiger partial charge < -0.3 is 9.64 Å². The van der Waals surface area contributed by atoms with Crippen molar-refractivity contribution in [2.75, 3.05) is 33.4 Å². The summed E-state index contributed by atoms with van der Waals surface area (Å²) in [7, 11) is 1.78. The molecule has 1 fully saturated rings. The van der Waals surface area contributed by atoms with Crippen LogP contribution in [0.5, 0.6) is 0 Å². The van der Waals surface area contributed by atoms with Crippen LogP contribution in [0.1, 0.15) is 16.3 Å². The van der Waals surface area contributed by atoms with E-state index in [4.69, 9.17) is 16.3 Å². The van der Waals surface area contributed by atoms with Gasteiger partial charge in [-0.2, -0.15) is 0 Å². The van der Waals surface area contributed by atoms with Gasteiger partial charge in [0.1, 0.15) is 5.01 Å². The van der Waals surface area contributed by atoms with Crippen LogP contribution >= 0.6 is 22.9 Å². The molecule has 0 bridgehead atoms. The number of nitrogens with zero attached hydrogens (tertiary/aromatic N) is 3. The van der Waals surface area contributed by atoms with Crippen molar-refractivity contribution in [1.29, 1.82) is 0 Å². The van der Waals surface area contributed by atoms with Crippen LogP contribution in [-0.2, 0) is 22.6 Å². The molecule has 138 valence electrons. The van der Waals surface area contributed by atoms with Crippen LogP contribution in [0.3, 0.4) is 0 Å². The van der Waals surface area contributed by atoms with Gasteiger partial charge in [-0.15, -0.1) is 11.3 Å². The predicted octanol–water partition coefficient (Wildman–Crippen LogP) is 3.30. The van der Waals surface area contributed by atoms with Gasteiger partial charge in [0.2, 0.25) is 5.91 Å². The summed E-state index contributed by atoms with van der Waals surface area (Å²) >= 11 is 7.75. The summed E-state index contributed by atoms with van der Waals surface area (Å²) in [6, 6.07) is 7.44. The van der Waals surface area contributed by atoms with Gasteiger partial charge in [-0.25, -0.2) is 4.98 Å². The molecule has 7 heteroatoms. The molecule has 0 radical (unpaired) electrons. The van der Waals surface area contributed by atoms with Gasteiger partial charge in [0.25, 0.3) is 0 Å². The van der Waals surface area contributed by atoms with Crippen LogP contribution < -0.4 is 0 Å². The van der Waals surface area contributed by atoms with Gasteiger partial charge in [-0.1, -0.05) is 29.8 Å². The number of carbonyl (C=O) groups is 1. The molecule has 2 aromatic rings. The van der Waals surface area contributed by atoms with E-state index in [1.54, 1.807) is 41.5 Å². The highest BCUT2D eigenvalue weighted by atomic mass is 35.5. The molecule has 0 saturated carbocycles. The van der Waals surface area contributed by atoms with Crippen molar-refractivity contribution in [3.8, 4) is 0 Å². The number of aromatic nitrogens is 1. The number of halogens is 1. The Hall–Kier alpha value is -1.73. The predicted molar refractivity (Wildman–Crippen MR) is 105 cm³/mol. The Balaban J connectivity index is 1.53. The average Bonchev–Trinajstić information content (AvgIpc) is 3.08. The second kappa shape index (κ2) is 9.28. The summed E-state index contributed by atoms with van der Waals surface area (Å²) in [4.78, 5) is 21.0. The normalized spacial score (nSPS) is 15.5. The lowest BCUT2D eigenvalue weighted by Crippen LogP contribution is -2.35. The van der Waals surface area contributed by atoms with E-state index in [0.717, 1.165) is 49.1 Å². The van der Waals surface area contributed by atoms with E-state index in [1.807, 2.05) is 23.6 Å². The summed E-state index contributed by atoms with van der Waals surface area (Å²) < 4.78 is 5.37. The fourth-order valence-corrected chi connectivity index (χ4v) is 3.69. The van der Waals surface area contributed by atoms with Crippen molar-refractivity contribution >= 4 is 34.9 Å². The summed E-state index contributed by atoms with van der Waals surface area (Å²) in [6.07, 6.45) is 3.29. The summed E-state index contributed by atoms with van der Waals surface area (Å²) in [5, 5.41) is 3.73. The molecule has 0 N–H and O–H groups in total. The molecule has 0 spiro atoms. The minimum Gasteiger partial charge on any atom is -0.379 e. The molecule has 1 aromatic heterocycles. The molecule has 5 nitrogen and oxygen atoms in total. The third-order valence-corrected chi connectivity index (χ3v) is 5.37. The molecule has 3 rings (SSSR count). The maximum atomic E-state index is 12.3. The zero-order valence-electron chi connectivity index (χ0n) is 14.7. The van der Waals surface area contributed by atoms with E-state index >= 15 is 0 Å². The number of hydrogen-bond acceptors (Lipinski definition) is 5. The minimum atomic E-state index is -0.0763. The third kappa shape index (κ3) is 5.38. The number of amides is 1. The van der Waals surface area contributed by atoms with Crippen LogP contribution in [0.2, 0.25) is 5.02 Å². The van der Waals surface area contributed by atoms with Crippen molar-refractivity contribution in [2.45, 2.75) is 13.1 Å². The number of thiazole rings is 1. The highest BCUT2D eigenvalue weighted by Crippen LogP contribution is 2.17. The van der Waals surface area contributed by atoms with Gasteiger partial charge >= 0.3 is 0 Å². The maximum absolute atomic E-state index is 12.3. The quantitative estimate of drug-likeness (QED) is 0.709. The number of rotatable bonds is 6. The van der Waals surface area contributed by atoms with Crippen LogP contribution in [-0.4, -0.2) is 54.0 Å². The molecule has 2 heterocycles. The van der Waals surface area contributed by atoms with Gasteiger partial charge in [-0.05, 0) is 17.7 Å². The van der Waals surface area contributed by atoms with Crippen LogP contribution in [0.25, 0.3) is 6.08 Å². The Kier molecular flexibility index (Phi) is 6.80. The Labute approximate surface area is 162 Å². The lowest BCUT2D eigenvalue weighted by molar-refractivity contribution is -0.125. The topological polar surface area (TPSA) is 45.7 Å². The van der Waals surface area contributed by atoms with Gasteiger partial charge in [0.05, 0.1) is 32.0 Å². The second-order valence-electron chi connectivity index (χ2n) is 6.17. The first-order chi connectivity index (χ1) is 12.6. The molecular weight excluding hydrogens is 370 g/mol. The minimum absolute atomic E-state index is 0.0763. The lowest BCUT2D eigenvalue weighted by Gasteiger charge is -2.25. The molecule has 1 aliphatic heterocycles. The number of hydrogen-bond donors (Lipinski definition) is 0. The molecule has 1 amide bonds. The zero-order valence-corrected chi connectivity index (χ0v) is 16.3. The molecule has 26 heavy (non-hydrogen) atoms. The Bertz CT molecular complexity index is 772. The van der Waals surface area contributed by atoms with E-state index in [-0.39, 0.29) is 5.91 Å². The van der Waals surface area contributed by atoms with Crippen LogP contribution in [0, 0.1) is 0 Å². The first kappa shape index (κ1) is 19.0. The molecule has 1 aromatic carbocycles. The van der Waals surface area contributed by atoms with Gasteiger partial charge in [0.15, 0.2) is 0 Å². The van der Waals surface area contributed by atoms with Crippen molar-refractivity contribution in [3.05, 3.63) is 57.0 Å². The lowest BCUT2D eigenvalue weighted by atomic mass is 10.2. The summed E-state index contributed by atoms with van der Waals surface area (Å²) in [5.74, 6) is -0.0763. The number of carbonyl (C=O) groups excluding carboxylic acids is 1. The van der Waals surface area contributed by atoms with Crippen molar-refractivity contribution in [1.82, 2.24) is 14.8 Å². The molecular formula is C19H22ClN3O2S. The Morgan fingerprint density at radius 3 is 2.92 bits per heavy atom. The maximum Gasteiger partial charge on any atom is 0.246 e. The molecule has 0 aliphatic carbocycles. The van der Waals surface area contributed by atoms with Crippen LogP contribution in [0.15, 0.2) is 35.7 Å². The van der Waals surface area contributed by atoms with E-state index in [1.165, 1.54) is 0 Å². The monoisotopic (exact) mass is 391 g/mol. The first-order valence-electron chi connectivity index (χ1n) is 8.53. The smallest absolute Gasteiger partial charge is 0.246 e. The fraction of sp³-hybridized carbons (Fsp3) is 0.368. The van der Waals surface area contributed by atoms with Crippen LogP contribution in [0.4, 0.5) is 0 Å². The van der Waals surface area contributed by atoms with Gasteiger partial charge in [0, 0.05) is 36.6 Å². The van der Waals surface area contributed by atoms with E-state index in [2.05, 4.69) is 9.88 Å². The summed E-state index contributed by atoms with van der Waals surface area (Å²) in [5.41, 5.74) is 1.75. The van der Waals surface area contributed by atoms with Crippen molar-refractivity contribution < 1.29 is 9.53 Å². The Morgan fingerprint density at radius 1 is 1.38 bits per heavy atom. The highest BCUT2D eigenvalue weighted by Gasteiger charge is 2.14. The third-order valence-electron chi connectivity index (χ3n) is 4.15. The van der Waals surface area contributed by atoms with E-state index in [0.29, 0.717) is 11.6 Å². The number of morpholine rings is 1. The second-order valence-corrected chi connectivity index (χ2v) is 7.52. The van der Waals surface area contributed by atoms with Crippen molar-refractivity contribution in [2.24, 2.45) is 0 Å². The first-order valence-corrected chi connectivity index (χ1v) is 9.78. The number of benzene rings is 1. The molecule has 1 aliphatic rings. The van der Waals surface area contributed by atoms with Crippen molar-refractivity contribution in [3.63, 3.8) is 0 Å². The highest BCUT2D eigenvalue weighted by molar-refractivity contribution is 7.09. The molecule has 1 saturated heterocycles. The van der Waals surface area contributed by atoms with E-state index in [9.17, 15) is 4.79 Å². The molecule has 0 unspecified atom stereocenters.